The maximum atomic E-state index is 13.3. The van der Waals surface area contributed by atoms with Gasteiger partial charge in [-0.3, -0.25) is 4.90 Å². The molecule has 2 aliphatic rings. The lowest BCUT2D eigenvalue weighted by Gasteiger charge is -2.22. The van der Waals surface area contributed by atoms with E-state index in [-0.39, 0.29) is 18.2 Å². The average Bonchev–Trinajstić information content (AvgIpc) is 2.89. The minimum absolute atomic E-state index is 0. The fourth-order valence-corrected chi connectivity index (χ4v) is 3.51. The molecule has 1 spiro atoms. The number of benzene rings is 1. The van der Waals surface area contributed by atoms with Crippen LogP contribution in [0.5, 0.6) is 0 Å². The highest BCUT2D eigenvalue weighted by Gasteiger charge is 2.39. The predicted octanol–water partition coefficient (Wildman–Crippen LogP) is 3.09. The molecule has 2 nitrogen and oxygen atoms in total. The lowest BCUT2D eigenvalue weighted by Crippen LogP contribution is -2.28. The van der Waals surface area contributed by atoms with Gasteiger partial charge >= 0.3 is 0 Å². The second-order valence-corrected chi connectivity index (χ2v) is 6.10. The summed E-state index contributed by atoms with van der Waals surface area (Å²) >= 11 is 5.89. The van der Waals surface area contributed by atoms with Crippen LogP contribution in [-0.4, -0.2) is 31.1 Å². The van der Waals surface area contributed by atoms with Crippen LogP contribution in [0.1, 0.15) is 18.4 Å². The first-order valence-electron chi connectivity index (χ1n) is 6.53. The van der Waals surface area contributed by atoms with Crippen LogP contribution in [0.25, 0.3) is 0 Å². The van der Waals surface area contributed by atoms with Gasteiger partial charge in [0, 0.05) is 24.7 Å². The van der Waals surface area contributed by atoms with Crippen LogP contribution >= 0.6 is 24.0 Å². The van der Waals surface area contributed by atoms with Crippen molar-refractivity contribution < 1.29 is 4.39 Å². The standard InChI is InChI=1S/C14H18ClFN2.ClH/c15-12-5-11(6-13(16)7-12)8-18-4-2-14(10-18)1-3-17-9-14;/h5-7,17H,1-4,8-10H2;1H. The van der Waals surface area contributed by atoms with Crippen molar-refractivity contribution in [2.75, 3.05) is 26.2 Å². The third-order valence-electron chi connectivity index (χ3n) is 4.18. The van der Waals surface area contributed by atoms with Crippen molar-refractivity contribution in [1.29, 1.82) is 0 Å². The van der Waals surface area contributed by atoms with Crippen LogP contribution in [0.15, 0.2) is 18.2 Å². The Balaban J connectivity index is 0.00000133. The number of likely N-dealkylation sites (tertiary alicyclic amines) is 1. The first-order chi connectivity index (χ1) is 8.65. The van der Waals surface area contributed by atoms with Crippen molar-refractivity contribution in [2.24, 2.45) is 5.41 Å². The summed E-state index contributed by atoms with van der Waals surface area (Å²) < 4.78 is 13.3. The molecule has 2 heterocycles. The fraction of sp³-hybridized carbons (Fsp3) is 0.571. The summed E-state index contributed by atoms with van der Waals surface area (Å²) in [5.41, 5.74) is 1.44. The Hall–Kier alpha value is -0.350. The molecule has 1 aromatic carbocycles. The van der Waals surface area contributed by atoms with Crippen LogP contribution in [0.2, 0.25) is 5.02 Å². The first-order valence-corrected chi connectivity index (χ1v) is 6.91. The lowest BCUT2D eigenvalue weighted by molar-refractivity contribution is 0.268. The maximum Gasteiger partial charge on any atom is 0.125 e. The third kappa shape index (κ3) is 3.40. The molecular formula is C14H19Cl2FN2. The zero-order valence-corrected chi connectivity index (χ0v) is 12.4. The Morgan fingerprint density at radius 1 is 1.32 bits per heavy atom. The van der Waals surface area contributed by atoms with Gasteiger partial charge in [-0.25, -0.2) is 4.39 Å². The highest BCUT2D eigenvalue weighted by Crippen LogP contribution is 2.36. The normalized spacial score (nSPS) is 26.8. The zero-order chi connectivity index (χ0) is 12.6. The minimum Gasteiger partial charge on any atom is -0.316 e. The molecule has 0 saturated carbocycles. The Labute approximate surface area is 124 Å². The molecule has 2 fully saturated rings. The summed E-state index contributed by atoms with van der Waals surface area (Å²) in [6.45, 7) is 5.30. The maximum absolute atomic E-state index is 13.3. The van der Waals surface area contributed by atoms with E-state index in [4.69, 9.17) is 11.6 Å². The molecule has 0 aromatic heterocycles. The molecule has 1 unspecified atom stereocenters. The van der Waals surface area contributed by atoms with E-state index in [0.29, 0.717) is 10.4 Å². The number of hydrogen-bond donors (Lipinski definition) is 1. The van der Waals surface area contributed by atoms with Gasteiger partial charge in [0.15, 0.2) is 0 Å². The number of rotatable bonds is 2. The highest BCUT2D eigenvalue weighted by atomic mass is 35.5. The molecule has 2 saturated heterocycles. The van der Waals surface area contributed by atoms with Crippen molar-refractivity contribution >= 4 is 24.0 Å². The molecule has 3 rings (SSSR count). The summed E-state index contributed by atoms with van der Waals surface area (Å²) in [4.78, 5) is 2.41. The van der Waals surface area contributed by atoms with Crippen LogP contribution in [-0.2, 0) is 6.54 Å². The molecule has 2 aliphatic heterocycles. The molecule has 19 heavy (non-hydrogen) atoms. The van der Waals surface area contributed by atoms with E-state index in [1.165, 1.54) is 18.9 Å². The van der Waals surface area contributed by atoms with Gasteiger partial charge in [0.1, 0.15) is 5.82 Å². The third-order valence-corrected chi connectivity index (χ3v) is 4.40. The van der Waals surface area contributed by atoms with Crippen molar-refractivity contribution in [1.82, 2.24) is 10.2 Å². The minimum atomic E-state index is -0.242. The summed E-state index contributed by atoms with van der Waals surface area (Å²) in [5.74, 6) is -0.242. The number of hydrogen-bond acceptors (Lipinski definition) is 2. The average molecular weight is 305 g/mol. The van der Waals surface area contributed by atoms with Crippen LogP contribution < -0.4 is 5.32 Å². The Morgan fingerprint density at radius 2 is 2.16 bits per heavy atom. The fourth-order valence-electron chi connectivity index (χ4n) is 3.27. The SMILES string of the molecule is Cl.Fc1cc(Cl)cc(CN2CCC3(CCNC3)C2)c1. The monoisotopic (exact) mass is 304 g/mol. The number of nitrogens with one attached hydrogen (secondary N) is 1. The Morgan fingerprint density at radius 3 is 2.84 bits per heavy atom. The molecule has 0 bridgehead atoms. The summed E-state index contributed by atoms with van der Waals surface area (Å²) in [5, 5.41) is 3.94. The van der Waals surface area contributed by atoms with E-state index < -0.39 is 0 Å². The van der Waals surface area contributed by atoms with Crippen molar-refractivity contribution in [3.05, 3.63) is 34.6 Å². The van der Waals surface area contributed by atoms with Gasteiger partial charge in [-0.05, 0) is 55.1 Å². The van der Waals surface area contributed by atoms with Gasteiger partial charge in [0.2, 0.25) is 0 Å². The molecule has 1 aromatic rings. The van der Waals surface area contributed by atoms with Gasteiger partial charge in [-0.2, -0.15) is 0 Å². The van der Waals surface area contributed by atoms with Crippen LogP contribution in [0, 0.1) is 11.2 Å². The lowest BCUT2D eigenvalue weighted by atomic mass is 9.86. The van der Waals surface area contributed by atoms with E-state index in [1.807, 2.05) is 6.07 Å². The smallest absolute Gasteiger partial charge is 0.125 e. The van der Waals surface area contributed by atoms with E-state index in [1.54, 1.807) is 6.07 Å². The molecule has 0 amide bonds. The Bertz CT molecular complexity index is 427. The molecule has 5 heteroatoms. The number of halogens is 3. The molecule has 0 aliphatic carbocycles. The first kappa shape index (κ1) is 15.0. The van der Waals surface area contributed by atoms with Gasteiger partial charge in [-0.15, -0.1) is 12.4 Å². The summed E-state index contributed by atoms with van der Waals surface area (Å²) in [6.07, 6.45) is 2.52. The van der Waals surface area contributed by atoms with E-state index in [9.17, 15) is 4.39 Å². The molecule has 1 N–H and O–H groups in total. The summed E-state index contributed by atoms with van der Waals surface area (Å²) in [7, 11) is 0. The molecule has 106 valence electrons. The highest BCUT2D eigenvalue weighted by molar-refractivity contribution is 6.30. The quantitative estimate of drug-likeness (QED) is 0.903. The van der Waals surface area contributed by atoms with Crippen molar-refractivity contribution in [2.45, 2.75) is 19.4 Å². The zero-order valence-electron chi connectivity index (χ0n) is 10.8. The van der Waals surface area contributed by atoms with Gasteiger partial charge in [0.05, 0.1) is 0 Å². The van der Waals surface area contributed by atoms with Crippen LogP contribution in [0.4, 0.5) is 4.39 Å². The summed E-state index contributed by atoms with van der Waals surface area (Å²) in [6, 6.07) is 4.81. The predicted molar refractivity (Wildman–Crippen MR) is 78.5 cm³/mol. The molecular weight excluding hydrogens is 286 g/mol. The van der Waals surface area contributed by atoms with E-state index in [0.717, 1.165) is 38.3 Å². The largest absolute Gasteiger partial charge is 0.316 e. The van der Waals surface area contributed by atoms with Crippen molar-refractivity contribution in [3.63, 3.8) is 0 Å². The van der Waals surface area contributed by atoms with Gasteiger partial charge < -0.3 is 5.32 Å². The van der Waals surface area contributed by atoms with E-state index in [2.05, 4.69) is 10.2 Å². The van der Waals surface area contributed by atoms with Gasteiger partial charge in [-0.1, -0.05) is 11.6 Å². The molecule has 1 atom stereocenters. The van der Waals surface area contributed by atoms with E-state index >= 15 is 0 Å². The number of nitrogens with zero attached hydrogens (tertiary/aromatic N) is 1. The topological polar surface area (TPSA) is 15.3 Å². The molecule has 0 radical (unpaired) electrons. The van der Waals surface area contributed by atoms with Crippen molar-refractivity contribution in [3.8, 4) is 0 Å². The Kier molecular flexibility index (Phi) is 4.72. The van der Waals surface area contributed by atoms with Crippen LogP contribution in [0.3, 0.4) is 0 Å². The van der Waals surface area contributed by atoms with Gasteiger partial charge in [0.25, 0.3) is 0 Å². The second-order valence-electron chi connectivity index (χ2n) is 5.67. The second kappa shape index (κ2) is 5.96.